The maximum Gasteiger partial charge on any atom is 0.0286 e. The molecule has 0 saturated heterocycles. The van der Waals surface area contributed by atoms with Gasteiger partial charge in [-0.25, -0.2) is 0 Å². The Morgan fingerprint density at radius 3 is 2.86 bits per heavy atom. The van der Waals surface area contributed by atoms with Gasteiger partial charge in [0.25, 0.3) is 0 Å². The average Bonchev–Trinajstić information content (AvgIpc) is 2.42. The first kappa shape index (κ1) is 4.47. The minimum Gasteiger partial charge on any atom is -0.0937 e. The zero-order valence-electron chi connectivity index (χ0n) is 4.04. The number of nitrogens with zero attached hydrogens (tertiary/aromatic N) is 3. The van der Waals surface area contributed by atoms with Gasteiger partial charge in [-0.05, 0) is 11.4 Å². The van der Waals surface area contributed by atoms with E-state index >= 15 is 0 Å². The van der Waals surface area contributed by atoms with Crippen molar-refractivity contribution in [3.63, 3.8) is 0 Å². The molecule has 0 bridgehead atoms. The molecule has 3 nitrogen and oxygen atoms in total. The zero-order valence-corrected chi connectivity index (χ0v) is 4.04. The number of hydrogen-bond acceptors (Lipinski definition) is 1. The van der Waals surface area contributed by atoms with Gasteiger partial charge in [0.05, 0.1) is 0 Å². The van der Waals surface area contributed by atoms with Crippen LogP contribution in [-0.2, 0) is 0 Å². The highest BCUT2D eigenvalue weighted by molar-refractivity contribution is 4.74. The summed E-state index contributed by atoms with van der Waals surface area (Å²) in [6.07, 6.45) is 2.53. The van der Waals surface area contributed by atoms with Gasteiger partial charge in [-0.2, -0.15) is 0 Å². The Labute approximate surface area is 42.0 Å². The summed E-state index contributed by atoms with van der Waals surface area (Å²) in [4.78, 5) is 2.64. The summed E-state index contributed by atoms with van der Waals surface area (Å²) < 4.78 is 0. The lowest BCUT2D eigenvalue weighted by Crippen LogP contribution is -1.75. The van der Waals surface area contributed by atoms with Crippen LogP contribution in [0.1, 0.15) is 12.8 Å². The largest absolute Gasteiger partial charge is 0.0937 e. The highest BCUT2D eigenvalue weighted by Gasteiger charge is 2.19. The van der Waals surface area contributed by atoms with Crippen molar-refractivity contribution in [1.29, 1.82) is 0 Å². The second kappa shape index (κ2) is 1.85. The van der Waals surface area contributed by atoms with Crippen molar-refractivity contribution in [2.75, 3.05) is 6.54 Å². The molecule has 0 aromatic rings. The molecule has 0 N–H and O–H groups in total. The first-order valence-electron chi connectivity index (χ1n) is 2.44. The van der Waals surface area contributed by atoms with Crippen LogP contribution in [0.4, 0.5) is 0 Å². The van der Waals surface area contributed by atoms with Gasteiger partial charge in [-0.3, -0.25) is 0 Å². The molecule has 7 heavy (non-hydrogen) atoms. The van der Waals surface area contributed by atoms with Crippen LogP contribution in [-0.4, -0.2) is 6.54 Å². The zero-order chi connectivity index (χ0) is 5.11. The van der Waals surface area contributed by atoms with Gasteiger partial charge in [-0.1, -0.05) is 18.0 Å². The number of hydrogen-bond donors (Lipinski definition) is 0. The third-order valence-electron chi connectivity index (χ3n) is 1.10. The van der Waals surface area contributed by atoms with Crippen molar-refractivity contribution in [2.24, 2.45) is 11.0 Å². The number of rotatable bonds is 2. The van der Waals surface area contributed by atoms with Crippen LogP contribution >= 0.6 is 0 Å². The summed E-state index contributed by atoms with van der Waals surface area (Å²) in [5, 5.41) is 3.41. The fourth-order valence-electron chi connectivity index (χ4n) is 0.452. The Hall–Kier alpha value is -0.690. The summed E-state index contributed by atoms with van der Waals surface area (Å²) in [6, 6.07) is 0. The normalized spacial score (nSPS) is 18.3. The molecular weight excluding hydrogens is 90.1 g/mol. The summed E-state index contributed by atoms with van der Waals surface area (Å²) in [5.74, 6) is 0.732. The van der Waals surface area contributed by atoms with Crippen LogP contribution in [0.3, 0.4) is 0 Å². The molecule has 1 aliphatic carbocycles. The van der Waals surface area contributed by atoms with E-state index in [1.165, 1.54) is 12.8 Å². The van der Waals surface area contributed by atoms with E-state index in [-0.39, 0.29) is 0 Å². The Balaban J connectivity index is 2.09. The second-order valence-electron chi connectivity index (χ2n) is 1.86. The minimum absolute atomic E-state index is 0.719. The summed E-state index contributed by atoms with van der Waals surface area (Å²) in [5.41, 5.74) is 7.80. The topological polar surface area (TPSA) is 48.8 Å². The van der Waals surface area contributed by atoms with Crippen LogP contribution in [0.5, 0.6) is 0 Å². The molecule has 3 heteroatoms. The van der Waals surface area contributed by atoms with Crippen LogP contribution in [0.2, 0.25) is 0 Å². The first-order valence-corrected chi connectivity index (χ1v) is 2.44. The molecule has 0 aliphatic heterocycles. The van der Waals surface area contributed by atoms with Gasteiger partial charge in [0, 0.05) is 11.5 Å². The van der Waals surface area contributed by atoms with Crippen LogP contribution < -0.4 is 0 Å². The molecule has 1 fully saturated rings. The van der Waals surface area contributed by atoms with Crippen molar-refractivity contribution in [2.45, 2.75) is 12.8 Å². The summed E-state index contributed by atoms with van der Waals surface area (Å²) in [7, 11) is 0. The van der Waals surface area contributed by atoms with Gasteiger partial charge < -0.3 is 0 Å². The first-order chi connectivity index (χ1) is 3.43. The second-order valence-corrected chi connectivity index (χ2v) is 1.86. The van der Waals surface area contributed by atoms with E-state index in [1.54, 1.807) is 0 Å². The van der Waals surface area contributed by atoms with Crippen molar-refractivity contribution in [1.82, 2.24) is 0 Å². The lowest BCUT2D eigenvalue weighted by atomic mass is 10.4. The minimum atomic E-state index is 0.719. The quantitative estimate of drug-likeness (QED) is 0.286. The molecule has 0 spiro atoms. The fraction of sp³-hybridized carbons (Fsp3) is 1.00. The predicted molar refractivity (Wildman–Crippen MR) is 26.7 cm³/mol. The van der Waals surface area contributed by atoms with Crippen molar-refractivity contribution < 1.29 is 0 Å². The molecule has 0 radical (unpaired) electrons. The van der Waals surface area contributed by atoms with Crippen molar-refractivity contribution in [3.05, 3.63) is 10.4 Å². The molecule has 0 heterocycles. The van der Waals surface area contributed by atoms with Gasteiger partial charge in [0.15, 0.2) is 0 Å². The summed E-state index contributed by atoms with van der Waals surface area (Å²) in [6.45, 7) is 0.719. The molecule has 0 atom stereocenters. The van der Waals surface area contributed by atoms with E-state index in [2.05, 4.69) is 10.0 Å². The predicted octanol–water partition coefficient (Wildman–Crippen LogP) is 1.71. The van der Waals surface area contributed by atoms with Crippen LogP contribution in [0, 0.1) is 5.92 Å². The highest BCUT2D eigenvalue weighted by atomic mass is 15.1. The SMILES string of the molecule is [N-]=[N+]=NCC1CC1. The van der Waals surface area contributed by atoms with Gasteiger partial charge in [0.2, 0.25) is 0 Å². The molecule has 1 rings (SSSR count). The lowest BCUT2D eigenvalue weighted by molar-refractivity contribution is 0.840. The van der Waals surface area contributed by atoms with E-state index < -0.39 is 0 Å². The van der Waals surface area contributed by atoms with E-state index in [9.17, 15) is 0 Å². The van der Waals surface area contributed by atoms with E-state index in [4.69, 9.17) is 5.53 Å². The molecule has 0 unspecified atom stereocenters. The monoisotopic (exact) mass is 97.1 g/mol. The van der Waals surface area contributed by atoms with Crippen molar-refractivity contribution >= 4 is 0 Å². The van der Waals surface area contributed by atoms with Crippen LogP contribution in [0.15, 0.2) is 5.11 Å². The van der Waals surface area contributed by atoms with Gasteiger partial charge >= 0.3 is 0 Å². The van der Waals surface area contributed by atoms with Gasteiger partial charge in [-0.15, -0.1) is 0 Å². The fourth-order valence-corrected chi connectivity index (χ4v) is 0.452. The lowest BCUT2D eigenvalue weighted by Gasteiger charge is -1.75. The van der Waals surface area contributed by atoms with E-state index in [0.29, 0.717) is 0 Å². The van der Waals surface area contributed by atoms with Crippen LogP contribution in [0.25, 0.3) is 10.4 Å². The smallest absolute Gasteiger partial charge is 0.0286 e. The molecular formula is C4H7N3. The molecule has 1 aliphatic rings. The average molecular weight is 97.1 g/mol. The Morgan fingerprint density at radius 1 is 1.71 bits per heavy atom. The molecule has 1 saturated carbocycles. The third kappa shape index (κ3) is 1.46. The Kier molecular flexibility index (Phi) is 1.18. The van der Waals surface area contributed by atoms with Gasteiger partial charge in [0.1, 0.15) is 0 Å². The molecule has 0 aromatic heterocycles. The summed E-state index contributed by atoms with van der Waals surface area (Å²) >= 11 is 0. The van der Waals surface area contributed by atoms with Crippen molar-refractivity contribution in [3.8, 4) is 0 Å². The number of azide groups is 1. The maximum absolute atomic E-state index is 7.80. The van der Waals surface area contributed by atoms with E-state index in [1.807, 2.05) is 0 Å². The van der Waals surface area contributed by atoms with E-state index in [0.717, 1.165) is 12.5 Å². The standard InChI is InChI=1S/C4H7N3/c5-7-6-3-4-1-2-4/h4H,1-3H2. The third-order valence-corrected chi connectivity index (χ3v) is 1.10. The Morgan fingerprint density at radius 2 is 2.43 bits per heavy atom. The highest BCUT2D eigenvalue weighted by Crippen LogP contribution is 2.28. The molecule has 0 amide bonds. The molecule has 38 valence electrons. The maximum atomic E-state index is 7.80. The Bertz CT molecular complexity index is 99.5. The molecule has 0 aromatic carbocycles.